The van der Waals surface area contributed by atoms with Gasteiger partial charge in [0.25, 0.3) is 5.91 Å². The van der Waals surface area contributed by atoms with Crippen LogP contribution in [0.4, 0.5) is 26.3 Å². The van der Waals surface area contributed by atoms with Crippen molar-refractivity contribution < 1.29 is 35.6 Å². The van der Waals surface area contributed by atoms with Crippen LogP contribution in [-0.2, 0) is 18.8 Å². The number of benzene rings is 2. The van der Waals surface area contributed by atoms with E-state index in [0.717, 1.165) is 5.56 Å². The third kappa shape index (κ3) is 5.44. The second-order valence-electron chi connectivity index (χ2n) is 6.69. The maximum absolute atomic E-state index is 12.9. The first-order valence-electron chi connectivity index (χ1n) is 9.04. The summed E-state index contributed by atoms with van der Waals surface area (Å²) in [7, 11) is 0. The molecule has 4 nitrogen and oxygen atoms in total. The molecule has 0 aliphatic carbocycles. The number of halogens is 6. The lowest BCUT2D eigenvalue weighted by Gasteiger charge is -2.14. The Kier molecular flexibility index (Phi) is 6.10. The lowest BCUT2D eigenvalue weighted by Crippen LogP contribution is -2.27. The number of rotatable bonds is 5. The fraction of sp³-hybridized carbons (Fsp3) is 0.238. The Hall–Kier alpha value is -3.30. The zero-order valence-corrected chi connectivity index (χ0v) is 16.1. The molecular weight excluding hydrogens is 426 g/mol. The molecule has 2 aromatic carbocycles. The molecule has 164 valence electrons. The van der Waals surface area contributed by atoms with E-state index in [1.54, 1.807) is 31.2 Å². The quantitative estimate of drug-likeness (QED) is 0.519. The van der Waals surface area contributed by atoms with Gasteiger partial charge in [-0.25, -0.2) is 4.98 Å². The summed E-state index contributed by atoms with van der Waals surface area (Å²) in [6.07, 6.45) is -9.87. The van der Waals surface area contributed by atoms with Crippen molar-refractivity contribution in [2.45, 2.75) is 25.7 Å². The van der Waals surface area contributed by atoms with Crippen molar-refractivity contribution in [3.8, 4) is 11.5 Å². The number of amides is 1. The van der Waals surface area contributed by atoms with Gasteiger partial charge < -0.3 is 9.73 Å². The second kappa shape index (κ2) is 8.44. The number of aryl methyl sites for hydroxylation is 1. The first-order valence-corrected chi connectivity index (χ1v) is 9.04. The number of alkyl halides is 6. The van der Waals surface area contributed by atoms with Gasteiger partial charge in [0.05, 0.1) is 16.8 Å². The molecule has 1 amide bonds. The predicted octanol–water partition coefficient (Wildman–Crippen LogP) is 5.66. The highest BCUT2D eigenvalue weighted by Crippen LogP contribution is 2.36. The van der Waals surface area contributed by atoms with Crippen LogP contribution in [0.1, 0.15) is 32.9 Å². The molecule has 10 heteroatoms. The number of oxazole rings is 1. The van der Waals surface area contributed by atoms with Gasteiger partial charge in [0, 0.05) is 24.1 Å². The zero-order valence-electron chi connectivity index (χ0n) is 16.1. The van der Waals surface area contributed by atoms with Crippen molar-refractivity contribution in [3.05, 3.63) is 76.7 Å². The third-order valence-corrected chi connectivity index (χ3v) is 4.41. The van der Waals surface area contributed by atoms with E-state index < -0.39 is 35.0 Å². The molecule has 1 aromatic heterocycles. The molecule has 0 spiro atoms. The van der Waals surface area contributed by atoms with E-state index in [0.29, 0.717) is 29.5 Å². The summed E-state index contributed by atoms with van der Waals surface area (Å²) in [5.41, 5.74) is -2.58. The molecule has 0 bridgehead atoms. The SMILES string of the molecule is Cc1oc(-c2ccccc2)nc1CCNC(=O)c1cc(C(F)(F)F)cc(C(F)(F)F)c1. The Balaban J connectivity index is 1.72. The second-order valence-corrected chi connectivity index (χ2v) is 6.69. The Bertz CT molecular complexity index is 1040. The fourth-order valence-corrected chi connectivity index (χ4v) is 2.85. The van der Waals surface area contributed by atoms with Crippen molar-refractivity contribution in [2.75, 3.05) is 6.54 Å². The Morgan fingerprint density at radius 3 is 2.10 bits per heavy atom. The van der Waals surface area contributed by atoms with Crippen LogP contribution < -0.4 is 5.32 Å². The lowest BCUT2D eigenvalue weighted by atomic mass is 10.0. The van der Waals surface area contributed by atoms with E-state index in [4.69, 9.17) is 4.42 Å². The van der Waals surface area contributed by atoms with E-state index in [1.807, 2.05) is 6.07 Å². The van der Waals surface area contributed by atoms with Crippen LogP contribution in [-0.4, -0.2) is 17.4 Å². The summed E-state index contributed by atoms with van der Waals surface area (Å²) in [4.78, 5) is 16.5. The highest BCUT2D eigenvalue weighted by molar-refractivity contribution is 5.94. The standard InChI is InChI=1S/C21H16F6N2O2/c1-12-17(29-19(31-12)13-5-3-2-4-6-13)7-8-28-18(30)14-9-15(20(22,23)24)11-16(10-14)21(25,26)27/h2-6,9-11H,7-8H2,1H3,(H,28,30). The third-order valence-electron chi connectivity index (χ3n) is 4.41. The van der Waals surface area contributed by atoms with Crippen LogP contribution in [0.3, 0.4) is 0 Å². The summed E-state index contributed by atoms with van der Waals surface area (Å²) in [5.74, 6) is -0.195. The predicted molar refractivity (Wildman–Crippen MR) is 99.2 cm³/mol. The van der Waals surface area contributed by atoms with E-state index >= 15 is 0 Å². The highest BCUT2D eigenvalue weighted by atomic mass is 19.4. The normalized spacial score (nSPS) is 12.1. The zero-order chi connectivity index (χ0) is 22.8. The molecule has 0 saturated carbocycles. The number of hydrogen-bond donors (Lipinski definition) is 1. The summed E-state index contributed by atoms with van der Waals surface area (Å²) < 4.78 is 83.2. The summed E-state index contributed by atoms with van der Waals surface area (Å²) in [6, 6.07) is 9.77. The van der Waals surface area contributed by atoms with Crippen molar-refractivity contribution in [2.24, 2.45) is 0 Å². The first-order chi connectivity index (χ1) is 14.4. The Labute approximate surface area is 172 Å². The van der Waals surface area contributed by atoms with Gasteiger partial charge in [-0.3, -0.25) is 4.79 Å². The fourth-order valence-electron chi connectivity index (χ4n) is 2.85. The summed E-state index contributed by atoms with van der Waals surface area (Å²) >= 11 is 0. The van der Waals surface area contributed by atoms with Crippen LogP contribution in [0.15, 0.2) is 52.9 Å². The van der Waals surface area contributed by atoms with Crippen LogP contribution in [0.2, 0.25) is 0 Å². The molecule has 0 saturated heterocycles. The topological polar surface area (TPSA) is 55.1 Å². The molecule has 0 aliphatic rings. The van der Waals surface area contributed by atoms with Gasteiger partial charge in [-0.05, 0) is 37.3 Å². The van der Waals surface area contributed by atoms with Gasteiger partial charge in [-0.2, -0.15) is 26.3 Å². The van der Waals surface area contributed by atoms with Gasteiger partial charge in [0.2, 0.25) is 5.89 Å². The smallest absolute Gasteiger partial charge is 0.416 e. The van der Waals surface area contributed by atoms with E-state index in [1.165, 1.54) is 0 Å². The monoisotopic (exact) mass is 442 g/mol. The maximum Gasteiger partial charge on any atom is 0.416 e. The Morgan fingerprint density at radius 2 is 1.55 bits per heavy atom. The van der Waals surface area contributed by atoms with Crippen LogP contribution >= 0.6 is 0 Å². The van der Waals surface area contributed by atoms with E-state index in [-0.39, 0.29) is 19.0 Å². The first kappa shape index (κ1) is 22.4. The number of carbonyl (C=O) groups excluding carboxylic acids is 1. The van der Waals surface area contributed by atoms with Gasteiger partial charge in [0.1, 0.15) is 5.76 Å². The largest absolute Gasteiger partial charge is 0.441 e. The van der Waals surface area contributed by atoms with Gasteiger partial charge in [-0.1, -0.05) is 18.2 Å². The molecule has 3 aromatic rings. The highest BCUT2D eigenvalue weighted by Gasteiger charge is 2.37. The molecule has 0 aliphatic heterocycles. The molecule has 0 fully saturated rings. The minimum Gasteiger partial charge on any atom is -0.441 e. The number of aromatic nitrogens is 1. The van der Waals surface area contributed by atoms with Crippen molar-refractivity contribution in [3.63, 3.8) is 0 Å². The van der Waals surface area contributed by atoms with E-state index in [2.05, 4.69) is 10.3 Å². The number of hydrogen-bond acceptors (Lipinski definition) is 3. The van der Waals surface area contributed by atoms with Gasteiger partial charge in [0.15, 0.2) is 0 Å². The molecule has 0 unspecified atom stereocenters. The minimum atomic E-state index is -5.03. The van der Waals surface area contributed by atoms with Crippen molar-refractivity contribution in [1.29, 1.82) is 0 Å². The summed E-state index contributed by atoms with van der Waals surface area (Å²) in [6.45, 7) is 1.61. The van der Waals surface area contributed by atoms with E-state index in [9.17, 15) is 31.1 Å². The molecule has 3 rings (SSSR count). The molecule has 0 radical (unpaired) electrons. The number of nitrogens with zero attached hydrogens (tertiary/aromatic N) is 1. The molecule has 1 heterocycles. The van der Waals surface area contributed by atoms with Crippen LogP contribution in [0.5, 0.6) is 0 Å². The average Bonchev–Trinajstić information content (AvgIpc) is 3.07. The van der Waals surface area contributed by atoms with Gasteiger partial charge >= 0.3 is 12.4 Å². The average molecular weight is 442 g/mol. The van der Waals surface area contributed by atoms with Crippen LogP contribution in [0.25, 0.3) is 11.5 Å². The number of carbonyl (C=O) groups is 1. The van der Waals surface area contributed by atoms with Gasteiger partial charge in [-0.15, -0.1) is 0 Å². The minimum absolute atomic E-state index is 0.0271. The molecule has 31 heavy (non-hydrogen) atoms. The van der Waals surface area contributed by atoms with Crippen molar-refractivity contribution >= 4 is 5.91 Å². The van der Waals surface area contributed by atoms with Crippen molar-refractivity contribution in [1.82, 2.24) is 10.3 Å². The number of nitrogens with one attached hydrogen (secondary N) is 1. The Morgan fingerprint density at radius 1 is 0.968 bits per heavy atom. The molecular formula is C21H16F6N2O2. The molecule has 1 N–H and O–H groups in total. The maximum atomic E-state index is 12.9. The lowest BCUT2D eigenvalue weighted by molar-refractivity contribution is -0.143. The molecule has 0 atom stereocenters. The van der Waals surface area contributed by atoms with Crippen LogP contribution in [0, 0.1) is 6.92 Å². The summed E-state index contributed by atoms with van der Waals surface area (Å²) in [5, 5.41) is 2.33.